The van der Waals surface area contributed by atoms with Crippen LogP contribution < -0.4 is 0 Å². The van der Waals surface area contributed by atoms with Crippen molar-refractivity contribution >= 4 is 11.5 Å². The highest BCUT2D eigenvalue weighted by Crippen LogP contribution is 2.44. The zero-order chi connectivity index (χ0) is 9.60. The Balaban J connectivity index is 1.95. The Hall–Kier alpha value is -0.450. The molecule has 2 fully saturated rings. The third-order valence-electron chi connectivity index (χ3n) is 3.42. The Morgan fingerprint density at radius 1 is 1.50 bits per heavy atom. The molecule has 0 amide bonds. The van der Waals surface area contributed by atoms with Crippen LogP contribution in [0.15, 0.2) is 11.6 Å². The minimum absolute atomic E-state index is 0.00218. The summed E-state index contributed by atoms with van der Waals surface area (Å²) >= 11 is 1.39. The molecule has 2 aliphatic heterocycles. The van der Waals surface area contributed by atoms with E-state index in [1.165, 1.54) is 11.5 Å². The number of nitrogens with zero attached hydrogens (tertiary/aromatic N) is 1. The number of aromatic nitrogens is 1. The monoisotopic (exact) mass is 211 g/mol. The van der Waals surface area contributed by atoms with E-state index in [1.807, 2.05) is 5.38 Å². The number of aliphatic hydroxyl groups is 1. The fourth-order valence-electron chi connectivity index (χ4n) is 2.56. The van der Waals surface area contributed by atoms with E-state index in [4.69, 9.17) is 4.74 Å². The van der Waals surface area contributed by atoms with Gasteiger partial charge in [-0.2, -0.15) is 0 Å². The highest BCUT2D eigenvalue weighted by molar-refractivity contribution is 7.03. The lowest BCUT2D eigenvalue weighted by atomic mass is 9.85. The van der Waals surface area contributed by atoms with Crippen LogP contribution in [0.5, 0.6) is 0 Å². The molecule has 3 nitrogen and oxygen atoms in total. The van der Waals surface area contributed by atoms with E-state index < -0.39 is 5.60 Å². The first kappa shape index (κ1) is 8.83. The molecule has 4 heteroatoms. The molecule has 0 aliphatic carbocycles. The first-order valence-corrected chi connectivity index (χ1v) is 5.90. The van der Waals surface area contributed by atoms with Crippen LogP contribution in [0.2, 0.25) is 0 Å². The summed E-state index contributed by atoms with van der Waals surface area (Å²) in [5, 5.41) is 12.5. The maximum absolute atomic E-state index is 10.6. The normalized spacial score (nSPS) is 41.5. The van der Waals surface area contributed by atoms with Crippen LogP contribution in [-0.2, 0) is 10.3 Å². The number of hydrogen-bond donors (Lipinski definition) is 1. The number of hydrogen-bond acceptors (Lipinski definition) is 4. The molecule has 3 heterocycles. The van der Waals surface area contributed by atoms with Crippen LogP contribution in [0.1, 0.15) is 31.2 Å². The van der Waals surface area contributed by atoms with Crippen molar-refractivity contribution in [3.63, 3.8) is 0 Å². The lowest BCUT2D eigenvalue weighted by molar-refractivity contribution is -0.148. The minimum atomic E-state index is -0.764. The van der Waals surface area contributed by atoms with Gasteiger partial charge >= 0.3 is 0 Å². The number of rotatable bonds is 1. The predicted molar refractivity (Wildman–Crippen MR) is 53.1 cm³/mol. The van der Waals surface area contributed by atoms with E-state index in [9.17, 15) is 5.11 Å². The SMILES string of the molecule is OC1(c2cnsc2)CCC2CCC1O2. The summed E-state index contributed by atoms with van der Waals surface area (Å²) in [4.78, 5) is 0. The maximum atomic E-state index is 10.6. The molecule has 2 saturated heterocycles. The van der Waals surface area contributed by atoms with Gasteiger partial charge in [-0.25, -0.2) is 4.37 Å². The second-order valence-electron chi connectivity index (χ2n) is 4.20. The zero-order valence-electron chi connectivity index (χ0n) is 7.85. The Bertz CT molecular complexity index is 327. The van der Waals surface area contributed by atoms with Crippen molar-refractivity contribution in [2.75, 3.05) is 0 Å². The number of fused-ring (bicyclic) bond motifs is 2. The molecule has 0 saturated carbocycles. The van der Waals surface area contributed by atoms with Crippen LogP contribution in [-0.4, -0.2) is 21.7 Å². The topological polar surface area (TPSA) is 42.4 Å². The molecule has 1 aromatic rings. The predicted octanol–water partition coefficient (Wildman–Crippen LogP) is 1.67. The van der Waals surface area contributed by atoms with Gasteiger partial charge in [0.05, 0.1) is 12.2 Å². The van der Waals surface area contributed by atoms with E-state index in [0.717, 1.165) is 31.2 Å². The van der Waals surface area contributed by atoms with Crippen molar-refractivity contribution in [3.8, 4) is 0 Å². The van der Waals surface area contributed by atoms with Gasteiger partial charge in [0, 0.05) is 17.1 Å². The molecule has 0 aromatic carbocycles. The molecule has 2 aliphatic rings. The van der Waals surface area contributed by atoms with Crippen LogP contribution in [0.3, 0.4) is 0 Å². The van der Waals surface area contributed by atoms with Crippen LogP contribution in [0, 0.1) is 0 Å². The quantitative estimate of drug-likeness (QED) is 0.768. The Morgan fingerprint density at radius 2 is 2.43 bits per heavy atom. The molecule has 3 atom stereocenters. The summed E-state index contributed by atoms with van der Waals surface area (Å²) < 4.78 is 9.81. The van der Waals surface area contributed by atoms with Crippen molar-refractivity contribution in [1.29, 1.82) is 0 Å². The third-order valence-corrected chi connectivity index (χ3v) is 4.01. The van der Waals surface area contributed by atoms with Crippen LogP contribution in [0.4, 0.5) is 0 Å². The first-order valence-electron chi connectivity index (χ1n) is 5.07. The fourth-order valence-corrected chi connectivity index (χ4v) is 3.17. The van der Waals surface area contributed by atoms with E-state index >= 15 is 0 Å². The number of ether oxygens (including phenoxy) is 1. The molecule has 3 unspecified atom stereocenters. The van der Waals surface area contributed by atoms with Crippen molar-refractivity contribution in [3.05, 3.63) is 17.1 Å². The lowest BCUT2D eigenvalue weighted by Crippen LogP contribution is -2.42. The summed E-state index contributed by atoms with van der Waals surface area (Å²) in [5.41, 5.74) is 0.174. The van der Waals surface area contributed by atoms with Gasteiger partial charge in [0.15, 0.2) is 0 Å². The summed E-state index contributed by atoms with van der Waals surface area (Å²) in [7, 11) is 0. The Kier molecular flexibility index (Phi) is 1.90. The highest BCUT2D eigenvalue weighted by Gasteiger charge is 2.48. The molecule has 0 spiro atoms. The zero-order valence-corrected chi connectivity index (χ0v) is 8.67. The van der Waals surface area contributed by atoms with Gasteiger partial charge in [0.25, 0.3) is 0 Å². The van der Waals surface area contributed by atoms with Crippen LogP contribution in [0.25, 0.3) is 0 Å². The summed E-state index contributed by atoms with van der Waals surface area (Å²) in [6, 6.07) is 0. The van der Waals surface area contributed by atoms with E-state index in [-0.39, 0.29) is 6.10 Å². The first-order chi connectivity index (χ1) is 6.79. The average Bonchev–Trinajstić information content (AvgIpc) is 2.84. The fraction of sp³-hybridized carbons (Fsp3) is 0.700. The maximum Gasteiger partial charge on any atom is 0.118 e. The van der Waals surface area contributed by atoms with Gasteiger partial charge in [-0.15, -0.1) is 0 Å². The minimum Gasteiger partial charge on any atom is -0.382 e. The van der Waals surface area contributed by atoms with Crippen molar-refractivity contribution in [1.82, 2.24) is 4.37 Å². The summed E-state index contributed by atoms with van der Waals surface area (Å²) in [6.45, 7) is 0. The molecular weight excluding hydrogens is 198 g/mol. The summed E-state index contributed by atoms with van der Waals surface area (Å²) in [6.07, 6.45) is 6.04. The van der Waals surface area contributed by atoms with Crippen LogP contribution >= 0.6 is 11.5 Å². The van der Waals surface area contributed by atoms with Gasteiger partial charge in [-0.05, 0) is 37.2 Å². The molecule has 14 heavy (non-hydrogen) atoms. The molecular formula is C10H13NO2S. The smallest absolute Gasteiger partial charge is 0.118 e. The van der Waals surface area contributed by atoms with Crippen molar-refractivity contribution in [2.24, 2.45) is 0 Å². The molecule has 76 valence electrons. The Labute approximate surface area is 86.9 Å². The van der Waals surface area contributed by atoms with E-state index in [0.29, 0.717) is 6.10 Å². The van der Waals surface area contributed by atoms with E-state index in [2.05, 4.69) is 4.37 Å². The van der Waals surface area contributed by atoms with E-state index in [1.54, 1.807) is 6.20 Å². The molecule has 2 bridgehead atoms. The molecule has 1 N–H and O–H groups in total. The van der Waals surface area contributed by atoms with Gasteiger partial charge in [-0.3, -0.25) is 0 Å². The molecule has 3 rings (SSSR count). The average molecular weight is 211 g/mol. The summed E-state index contributed by atoms with van der Waals surface area (Å²) in [5.74, 6) is 0. The largest absolute Gasteiger partial charge is 0.382 e. The standard InChI is InChI=1S/C10H13NO2S/c12-10(7-5-11-14-6-7)4-3-8-1-2-9(10)13-8/h5-6,8-9,12H,1-4H2. The second kappa shape index (κ2) is 3.02. The van der Waals surface area contributed by atoms with Gasteiger partial charge < -0.3 is 9.84 Å². The van der Waals surface area contributed by atoms with Crippen molar-refractivity contribution in [2.45, 2.75) is 43.5 Å². The van der Waals surface area contributed by atoms with Gasteiger partial charge in [0.1, 0.15) is 5.60 Å². The van der Waals surface area contributed by atoms with Crippen molar-refractivity contribution < 1.29 is 9.84 Å². The molecule has 1 aromatic heterocycles. The Morgan fingerprint density at radius 3 is 3.21 bits per heavy atom. The molecule has 0 radical (unpaired) electrons. The van der Waals surface area contributed by atoms with Gasteiger partial charge in [-0.1, -0.05) is 0 Å². The highest BCUT2D eigenvalue weighted by atomic mass is 32.1. The second-order valence-corrected chi connectivity index (χ2v) is 4.86. The lowest BCUT2D eigenvalue weighted by Gasteiger charge is -2.37. The third kappa shape index (κ3) is 1.14. The van der Waals surface area contributed by atoms with Gasteiger partial charge in [0.2, 0.25) is 0 Å².